The number of allylic oxidation sites excluding steroid dienone is 1. The molecular weight excluding hydrogens is 124 g/mol. The van der Waals surface area contributed by atoms with E-state index in [0.717, 1.165) is 12.5 Å². The van der Waals surface area contributed by atoms with Crippen molar-refractivity contribution in [3.63, 3.8) is 0 Å². The third-order valence-electron chi connectivity index (χ3n) is 2.09. The molecule has 0 fully saturated rings. The van der Waals surface area contributed by atoms with Crippen LogP contribution in [0.2, 0.25) is 0 Å². The molecule has 58 valence electrons. The molecule has 0 unspecified atom stereocenters. The molecule has 1 aliphatic carbocycles. The van der Waals surface area contributed by atoms with Gasteiger partial charge in [-0.2, -0.15) is 0 Å². The van der Waals surface area contributed by atoms with E-state index in [4.69, 9.17) is 4.74 Å². The zero-order chi connectivity index (χ0) is 7.40. The summed E-state index contributed by atoms with van der Waals surface area (Å²) in [6.07, 6.45) is 7.21. The van der Waals surface area contributed by atoms with Crippen LogP contribution in [0, 0.1) is 11.8 Å². The number of ether oxygens (including phenoxy) is 1. The maximum Gasteiger partial charge on any atom is 0.0525 e. The number of hydrogen-bond acceptors (Lipinski definition) is 1. The molecule has 10 heavy (non-hydrogen) atoms. The van der Waals surface area contributed by atoms with Gasteiger partial charge in [0.1, 0.15) is 0 Å². The molecule has 0 radical (unpaired) electrons. The van der Waals surface area contributed by atoms with E-state index in [9.17, 15) is 0 Å². The highest BCUT2D eigenvalue weighted by atomic mass is 16.5. The van der Waals surface area contributed by atoms with Crippen molar-refractivity contribution in [2.75, 3.05) is 13.7 Å². The van der Waals surface area contributed by atoms with Crippen molar-refractivity contribution < 1.29 is 4.74 Å². The van der Waals surface area contributed by atoms with Gasteiger partial charge in [0, 0.05) is 13.0 Å². The Bertz CT molecular complexity index is 118. The predicted molar refractivity (Wildman–Crippen MR) is 42.9 cm³/mol. The lowest BCUT2D eigenvalue weighted by atomic mass is 9.90. The zero-order valence-electron chi connectivity index (χ0n) is 6.84. The largest absolute Gasteiger partial charge is 0.384 e. The third kappa shape index (κ3) is 2.14. The Morgan fingerprint density at radius 1 is 1.40 bits per heavy atom. The van der Waals surface area contributed by atoms with Crippen LogP contribution in [0.3, 0.4) is 0 Å². The van der Waals surface area contributed by atoms with Crippen molar-refractivity contribution in [2.24, 2.45) is 11.8 Å². The maximum atomic E-state index is 5.07. The van der Waals surface area contributed by atoms with E-state index in [2.05, 4.69) is 19.1 Å². The molecule has 0 saturated heterocycles. The Balaban J connectivity index is 2.30. The van der Waals surface area contributed by atoms with Gasteiger partial charge in [0.15, 0.2) is 0 Å². The fourth-order valence-corrected chi connectivity index (χ4v) is 1.37. The maximum absolute atomic E-state index is 5.07. The predicted octanol–water partition coefficient (Wildman–Crippen LogP) is 2.24. The molecule has 0 heterocycles. The zero-order valence-corrected chi connectivity index (χ0v) is 6.84. The summed E-state index contributed by atoms with van der Waals surface area (Å²) < 4.78 is 5.07. The van der Waals surface area contributed by atoms with Gasteiger partial charge in [-0.25, -0.2) is 0 Å². The SMILES string of the molecule is COC[C@H]1C=C[C@@H](C)CC1. The van der Waals surface area contributed by atoms with Crippen LogP contribution in [-0.4, -0.2) is 13.7 Å². The van der Waals surface area contributed by atoms with Gasteiger partial charge >= 0.3 is 0 Å². The number of methoxy groups -OCH3 is 1. The molecule has 0 aromatic carbocycles. The number of hydrogen-bond donors (Lipinski definition) is 0. The topological polar surface area (TPSA) is 9.23 Å². The van der Waals surface area contributed by atoms with Crippen LogP contribution in [-0.2, 0) is 4.74 Å². The first-order chi connectivity index (χ1) is 4.83. The third-order valence-corrected chi connectivity index (χ3v) is 2.09. The van der Waals surface area contributed by atoms with Crippen LogP contribution in [0.15, 0.2) is 12.2 Å². The van der Waals surface area contributed by atoms with Crippen LogP contribution in [0.25, 0.3) is 0 Å². The molecule has 1 heteroatoms. The Labute approximate surface area is 63.1 Å². The fraction of sp³-hybridized carbons (Fsp3) is 0.778. The van der Waals surface area contributed by atoms with Crippen molar-refractivity contribution >= 4 is 0 Å². The highest BCUT2D eigenvalue weighted by Gasteiger charge is 2.11. The lowest BCUT2D eigenvalue weighted by Gasteiger charge is -2.18. The summed E-state index contributed by atoms with van der Waals surface area (Å²) in [5.74, 6) is 1.47. The van der Waals surface area contributed by atoms with Crippen LogP contribution in [0.1, 0.15) is 19.8 Å². The number of rotatable bonds is 2. The summed E-state index contributed by atoms with van der Waals surface area (Å²) in [5, 5.41) is 0. The normalized spacial score (nSPS) is 32.6. The van der Waals surface area contributed by atoms with Crippen LogP contribution >= 0.6 is 0 Å². The van der Waals surface area contributed by atoms with E-state index in [1.54, 1.807) is 7.11 Å². The molecule has 0 spiro atoms. The first-order valence-electron chi connectivity index (χ1n) is 4.00. The quantitative estimate of drug-likeness (QED) is 0.534. The average Bonchev–Trinajstić information content (AvgIpc) is 1.95. The van der Waals surface area contributed by atoms with E-state index in [0.29, 0.717) is 5.92 Å². The van der Waals surface area contributed by atoms with Gasteiger partial charge in [-0.15, -0.1) is 0 Å². The second kappa shape index (κ2) is 3.77. The van der Waals surface area contributed by atoms with Crippen molar-refractivity contribution in [2.45, 2.75) is 19.8 Å². The summed E-state index contributed by atoms with van der Waals surface area (Å²) in [7, 11) is 1.77. The molecule has 1 nitrogen and oxygen atoms in total. The molecular formula is C9H16O. The van der Waals surface area contributed by atoms with Gasteiger partial charge in [0.25, 0.3) is 0 Å². The highest BCUT2D eigenvalue weighted by molar-refractivity contribution is 4.96. The Kier molecular flexibility index (Phi) is 2.94. The minimum atomic E-state index is 0.682. The first-order valence-corrected chi connectivity index (χ1v) is 4.00. The molecule has 0 saturated carbocycles. The lowest BCUT2D eigenvalue weighted by Crippen LogP contribution is -2.11. The van der Waals surface area contributed by atoms with Crippen molar-refractivity contribution in [1.82, 2.24) is 0 Å². The molecule has 0 aromatic heterocycles. The lowest BCUT2D eigenvalue weighted by molar-refractivity contribution is 0.161. The first kappa shape index (κ1) is 7.80. The van der Waals surface area contributed by atoms with Crippen molar-refractivity contribution in [3.8, 4) is 0 Å². The van der Waals surface area contributed by atoms with E-state index in [1.807, 2.05) is 0 Å². The fourth-order valence-electron chi connectivity index (χ4n) is 1.37. The van der Waals surface area contributed by atoms with Crippen molar-refractivity contribution in [3.05, 3.63) is 12.2 Å². The van der Waals surface area contributed by atoms with E-state index < -0.39 is 0 Å². The van der Waals surface area contributed by atoms with Gasteiger partial charge in [-0.3, -0.25) is 0 Å². The van der Waals surface area contributed by atoms with Gasteiger partial charge in [-0.05, 0) is 18.8 Å². The van der Waals surface area contributed by atoms with E-state index >= 15 is 0 Å². The summed E-state index contributed by atoms with van der Waals surface area (Å²) in [6, 6.07) is 0. The molecule has 1 aliphatic rings. The van der Waals surface area contributed by atoms with E-state index in [1.165, 1.54) is 12.8 Å². The molecule has 1 rings (SSSR count). The summed E-state index contributed by atoms with van der Waals surface area (Å²) >= 11 is 0. The van der Waals surface area contributed by atoms with Gasteiger partial charge in [0.05, 0.1) is 6.61 Å². The van der Waals surface area contributed by atoms with Crippen LogP contribution < -0.4 is 0 Å². The Morgan fingerprint density at radius 3 is 2.70 bits per heavy atom. The summed E-state index contributed by atoms with van der Waals surface area (Å²) in [5.41, 5.74) is 0. The molecule has 0 N–H and O–H groups in total. The van der Waals surface area contributed by atoms with Crippen LogP contribution in [0.4, 0.5) is 0 Å². The standard InChI is InChI=1S/C9H16O/c1-8-3-5-9(6-4-8)7-10-2/h3,5,8-9H,4,6-7H2,1-2H3/t8-,9+/m1/s1. The van der Waals surface area contributed by atoms with Gasteiger partial charge in [-0.1, -0.05) is 19.1 Å². The monoisotopic (exact) mass is 140 g/mol. The smallest absolute Gasteiger partial charge is 0.0525 e. The molecule has 0 aliphatic heterocycles. The Hall–Kier alpha value is -0.300. The summed E-state index contributed by atoms with van der Waals surface area (Å²) in [6.45, 7) is 3.16. The molecule has 0 amide bonds. The second-order valence-corrected chi connectivity index (χ2v) is 3.15. The van der Waals surface area contributed by atoms with Gasteiger partial charge in [0.2, 0.25) is 0 Å². The highest BCUT2D eigenvalue weighted by Crippen LogP contribution is 2.21. The average molecular weight is 140 g/mol. The minimum absolute atomic E-state index is 0.682. The van der Waals surface area contributed by atoms with Crippen LogP contribution in [0.5, 0.6) is 0 Å². The Morgan fingerprint density at radius 2 is 2.20 bits per heavy atom. The summed E-state index contributed by atoms with van der Waals surface area (Å²) in [4.78, 5) is 0. The molecule has 2 atom stereocenters. The van der Waals surface area contributed by atoms with Gasteiger partial charge < -0.3 is 4.74 Å². The molecule has 0 aromatic rings. The minimum Gasteiger partial charge on any atom is -0.384 e. The molecule has 0 bridgehead atoms. The van der Waals surface area contributed by atoms with Crippen molar-refractivity contribution in [1.29, 1.82) is 0 Å². The second-order valence-electron chi connectivity index (χ2n) is 3.15. The van der Waals surface area contributed by atoms with E-state index in [-0.39, 0.29) is 0 Å².